The summed E-state index contributed by atoms with van der Waals surface area (Å²) in [6.45, 7) is 0.840. The minimum atomic E-state index is -0.335. The van der Waals surface area contributed by atoms with Crippen LogP contribution in [0.4, 0.5) is 14.9 Å². The van der Waals surface area contributed by atoms with Crippen molar-refractivity contribution >= 4 is 22.5 Å². The van der Waals surface area contributed by atoms with Gasteiger partial charge in [0.2, 0.25) is 0 Å². The molecule has 27 heavy (non-hydrogen) atoms. The normalized spacial score (nSPS) is 12.9. The largest absolute Gasteiger partial charge is 0.467 e. The molecule has 1 aliphatic rings. The van der Waals surface area contributed by atoms with Gasteiger partial charge in [-0.05, 0) is 35.6 Å². The third-order valence-electron chi connectivity index (χ3n) is 4.47. The summed E-state index contributed by atoms with van der Waals surface area (Å²) in [5.74, 6) is 0.317. The summed E-state index contributed by atoms with van der Waals surface area (Å²) in [5, 5.41) is 7.71. The molecule has 2 N–H and O–H groups in total. The van der Waals surface area contributed by atoms with Gasteiger partial charge < -0.3 is 20.1 Å². The molecule has 0 radical (unpaired) electrons. The van der Waals surface area contributed by atoms with Gasteiger partial charge in [-0.15, -0.1) is 0 Å². The van der Waals surface area contributed by atoms with Gasteiger partial charge in [0.1, 0.15) is 11.6 Å². The predicted octanol–water partition coefficient (Wildman–Crippen LogP) is 4.21. The summed E-state index contributed by atoms with van der Waals surface area (Å²) >= 11 is 0. The summed E-state index contributed by atoms with van der Waals surface area (Å²) in [6.07, 6.45) is 0.461. The molecule has 0 spiro atoms. The van der Waals surface area contributed by atoms with Crippen LogP contribution >= 0.6 is 0 Å². The highest BCUT2D eigenvalue weighted by molar-refractivity contribution is 6.01. The van der Waals surface area contributed by atoms with Crippen molar-refractivity contribution in [2.24, 2.45) is 0 Å². The average Bonchev–Trinajstić information content (AvgIpc) is 2.68. The number of hydrogen-bond donors (Lipinski definition) is 2. The Kier molecular flexibility index (Phi) is 4.89. The Labute approximate surface area is 156 Å². The number of ether oxygens (including phenoxy) is 2. The van der Waals surface area contributed by atoms with Crippen LogP contribution in [0.15, 0.2) is 54.6 Å². The Bertz CT molecular complexity index is 985. The molecule has 0 fully saturated rings. The second kappa shape index (κ2) is 7.63. The SMILES string of the molecule is O=C(NCCc1cc(F)cc2c1OCOC2)Nc1cccc2ccccc12. The zero-order valence-electron chi connectivity index (χ0n) is 14.6. The fourth-order valence-corrected chi connectivity index (χ4v) is 3.25. The summed E-state index contributed by atoms with van der Waals surface area (Å²) in [4.78, 5) is 12.3. The fraction of sp³-hybridized carbons (Fsp3) is 0.190. The number of amides is 2. The first-order valence-electron chi connectivity index (χ1n) is 8.75. The molecule has 0 saturated heterocycles. The third-order valence-corrected chi connectivity index (χ3v) is 4.47. The van der Waals surface area contributed by atoms with Crippen LogP contribution < -0.4 is 15.4 Å². The molecule has 6 heteroatoms. The number of nitrogens with one attached hydrogen (secondary N) is 2. The number of fused-ring (bicyclic) bond motifs is 2. The first-order valence-corrected chi connectivity index (χ1v) is 8.75. The molecule has 0 aromatic heterocycles. The molecule has 0 atom stereocenters. The van der Waals surface area contributed by atoms with E-state index >= 15 is 0 Å². The maximum atomic E-state index is 13.8. The van der Waals surface area contributed by atoms with Crippen LogP contribution in [0, 0.1) is 5.82 Å². The van der Waals surface area contributed by atoms with Crippen molar-refractivity contribution in [3.05, 3.63) is 71.5 Å². The van der Waals surface area contributed by atoms with Gasteiger partial charge in [-0.3, -0.25) is 0 Å². The molecule has 1 heterocycles. The topological polar surface area (TPSA) is 59.6 Å². The molecule has 0 bridgehead atoms. The van der Waals surface area contributed by atoms with Gasteiger partial charge >= 0.3 is 6.03 Å². The number of carbonyl (C=O) groups is 1. The Morgan fingerprint density at radius 2 is 1.96 bits per heavy atom. The molecular weight excluding hydrogens is 347 g/mol. The monoisotopic (exact) mass is 366 g/mol. The van der Waals surface area contributed by atoms with Crippen molar-refractivity contribution in [1.29, 1.82) is 0 Å². The van der Waals surface area contributed by atoms with Gasteiger partial charge in [-0.1, -0.05) is 36.4 Å². The lowest BCUT2D eigenvalue weighted by Gasteiger charge is -2.21. The van der Waals surface area contributed by atoms with Crippen LogP contribution in [0.2, 0.25) is 0 Å². The lowest BCUT2D eigenvalue weighted by Crippen LogP contribution is -2.30. The molecule has 138 valence electrons. The molecule has 0 aliphatic carbocycles. The average molecular weight is 366 g/mol. The van der Waals surface area contributed by atoms with E-state index in [1.54, 1.807) is 0 Å². The molecule has 4 rings (SSSR count). The van der Waals surface area contributed by atoms with Gasteiger partial charge in [-0.25, -0.2) is 9.18 Å². The van der Waals surface area contributed by atoms with E-state index in [9.17, 15) is 9.18 Å². The number of hydrogen-bond acceptors (Lipinski definition) is 3. The Morgan fingerprint density at radius 1 is 1.11 bits per heavy atom. The van der Waals surface area contributed by atoms with Gasteiger partial charge in [0.05, 0.1) is 12.3 Å². The minimum absolute atomic E-state index is 0.153. The van der Waals surface area contributed by atoms with Crippen molar-refractivity contribution in [2.45, 2.75) is 13.0 Å². The van der Waals surface area contributed by atoms with E-state index in [-0.39, 0.29) is 18.6 Å². The van der Waals surface area contributed by atoms with E-state index in [2.05, 4.69) is 10.6 Å². The van der Waals surface area contributed by atoms with Crippen LogP contribution in [0.5, 0.6) is 5.75 Å². The smallest absolute Gasteiger partial charge is 0.319 e. The highest BCUT2D eigenvalue weighted by atomic mass is 19.1. The Hall–Kier alpha value is -3.12. The number of anilines is 1. The van der Waals surface area contributed by atoms with E-state index in [0.717, 1.165) is 22.0 Å². The van der Waals surface area contributed by atoms with Gasteiger partial charge in [0.15, 0.2) is 6.79 Å². The Balaban J connectivity index is 1.40. The minimum Gasteiger partial charge on any atom is -0.467 e. The molecule has 0 saturated carbocycles. The quantitative estimate of drug-likeness (QED) is 0.727. The summed E-state index contributed by atoms with van der Waals surface area (Å²) in [6, 6.07) is 16.2. The molecule has 3 aromatic rings. The molecule has 3 aromatic carbocycles. The summed E-state index contributed by atoms with van der Waals surface area (Å²) in [7, 11) is 0. The second-order valence-electron chi connectivity index (χ2n) is 6.32. The lowest BCUT2D eigenvalue weighted by atomic mass is 10.1. The Morgan fingerprint density at radius 3 is 2.89 bits per heavy atom. The number of rotatable bonds is 4. The summed E-state index contributed by atoms with van der Waals surface area (Å²) in [5.41, 5.74) is 2.16. The fourth-order valence-electron chi connectivity index (χ4n) is 3.25. The molecule has 5 nitrogen and oxygen atoms in total. The second-order valence-corrected chi connectivity index (χ2v) is 6.32. The van der Waals surface area contributed by atoms with Gasteiger partial charge in [0, 0.05) is 17.5 Å². The molecule has 2 amide bonds. The van der Waals surface area contributed by atoms with Crippen LogP contribution in [0.25, 0.3) is 10.8 Å². The van der Waals surface area contributed by atoms with E-state index in [1.165, 1.54) is 12.1 Å². The van der Waals surface area contributed by atoms with Gasteiger partial charge in [0.25, 0.3) is 0 Å². The lowest BCUT2D eigenvalue weighted by molar-refractivity contribution is -0.0172. The van der Waals surface area contributed by atoms with Gasteiger partial charge in [-0.2, -0.15) is 0 Å². The zero-order valence-corrected chi connectivity index (χ0v) is 14.6. The summed E-state index contributed by atoms with van der Waals surface area (Å²) < 4.78 is 24.4. The predicted molar refractivity (Wildman–Crippen MR) is 101 cm³/mol. The molecular formula is C21H19FN2O3. The maximum absolute atomic E-state index is 13.8. The van der Waals surface area contributed by atoms with Crippen molar-refractivity contribution in [3.63, 3.8) is 0 Å². The van der Waals surface area contributed by atoms with E-state index in [0.29, 0.717) is 30.9 Å². The van der Waals surface area contributed by atoms with Crippen molar-refractivity contribution in [3.8, 4) is 5.75 Å². The molecule has 1 aliphatic heterocycles. The van der Waals surface area contributed by atoms with E-state index in [4.69, 9.17) is 9.47 Å². The number of halogens is 1. The van der Waals surface area contributed by atoms with Crippen LogP contribution in [-0.4, -0.2) is 19.4 Å². The number of carbonyl (C=O) groups excluding carboxylic acids is 1. The van der Waals surface area contributed by atoms with Crippen molar-refractivity contribution in [1.82, 2.24) is 5.32 Å². The van der Waals surface area contributed by atoms with Crippen LogP contribution in [0.1, 0.15) is 11.1 Å². The highest BCUT2D eigenvalue weighted by Gasteiger charge is 2.17. The van der Waals surface area contributed by atoms with Crippen molar-refractivity contribution < 1.29 is 18.7 Å². The first-order chi connectivity index (χ1) is 13.2. The van der Waals surface area contributed by atoms with Crippen molar-refractivity contribution in [2.75, 3.05) is 18.7 Å². The van der Waals surface area contributed by atoms with Crippen LogP contribution in [0.3, 0.4) is 0 Å². The number of benzene rings is 3. The molecule has 0 unspecified atom stereocenters. The highest BCUT2D eigenvalue weighted by Crippen LogP contribution is 2.29. The van der Waals surface area contributed by atoms with E-state index in [1.807, 2.05) is 42.5 Å². The number of urea groups is 1. The van der Waals surface area contributed by atoms with Crippen LogP contribution in [-0.2, 0) is 17.8 Å². The first kappa shape index (κ1) is 17.3. The maximum Gasteiger partial charge on any atom is 0.319 e. The standard InChI is InChI=1S/C21H19FN2O3/c22-17-10-15(20-16(11-17)12-26-13-27-20)8-9-23-21(25)24-19-7-3-5-14-4-1-2-6-18(14)19/h1-7,10-11H,8-9,12-13H2,(H2,23,24,25). The van der Waals surface area contributed by atoms with E-state index < -0.39 is 0 Å². The zero-order chi connectivity index (χ0) is 18.6. The third kappa shape index (κ3) is 3.85.